The number of hydrogen-bond acceptors (Lipinski definition) is 6. The minimum absolute atomic E-state index is 0.0654. The van der Waals surface area contributed by atoms with Gasteiger partial charge in [0.05, 0.1) is 30.0 Å². The molecular weight excluding hydrogens is 448 g/mol. The molecule has 0 aliphatic carbocycles. The standard InChI is InChI=1S/C22H21BrN4O3/c23-14-5-6-15-18(13-14)25-22(28)19(15)21-20(16-3-1-2-4-17(16)24-21)26-30-12-9-27-7-10-29-11-8-27/h1-6,13,25,28H,7-12H2/b26-20+. The van der Waals surface area contributed by atoms with Crippen LogP contribution in [0, 0.1) is 0 Å². The van der Waals surface area contributed by atoms with E-state index in [0.29, 0.717) is 23.6 Å². The van der Waals surface area contributed by atoms with Crippen molar-refractivity contribution in [3.8, 4) is 5.88 Å². The third-order valence-electron chi connectivity index (χ3n) is 5.35. The van der Waals surface area contributed by atoms with E-state index in [1.54, 1.807) is 0 Å². The molecule has 0 amide bonds. The highest BCUT2D eigenvalue weighted by Crippen LogP contribution is 2.36. The van der Waals surface area contributed by atoms with E-state index in [1.807, 2.05) is 42.5 Å². The summed E-state index contributed by atoms with van der Waals surface area (Å²) in [5.74, 6) is 0.0654. The third kappa shape index (κ3) is 3.62. The monoisotopic (exact) mass is 468 g/mol. The first kappa shape index (κ1) is 19.3. The van der Waals surface area contributed by atoms with Crippen molar-refractivity contribution in [1.29, 1.82) is 0 Å². The van der Waals surface area contributed by atoms with Gasteiger partial charge >= 0.3 is 0 Å². The molecule has 30 heavy (non-hydrogen) atoms. The number of oxime groups is 1. The van der Waals surface area contributed by atoms with Gasteiger partial charge in [0.15, 0.2) is 5.88 Å². The summed E-state index contributed by atoms with van der Waals surface area (Å²) >= 11 is 3.47. The zero-order valence-electron chi connectivity index (χ0n) is 16.3. The van der Waals surface area contributed by atoms with Gasteiger partial charge in [0.2, 0.25) is 0 Å². The number of nitrogens with zero attached hydrogens (tertiary/aromatic N) is 3. The van der Waals surface area contributed by atoms with E-state index >= 15 is 0 Å². The Bertz CT molecular complexity index is 1150. The fourth-order valence-corrected chi connectivity index (χ4v) is 4.20. The summed E-state index contributed by atoms with van der Waals surface area (Å²) in [6.07, 6.45) is 0. The van der Waals surface area contributed by atoms with Gasteiger partial charge in [0, 0.05) is 35.1 Å². The van der Waals surface area contributed by atoms with Crippen LogP contribution >= 0.6 is 15.9 Å². The van der Waals surface area contributed by atoms with Crippen molar-refractivity contribution < 1.29 is 14.7 Å². The molecule has 1 fully saturated rings. The second-order valence-corrected chi connectivity index (χ2v) is 8.16. The Hall–Kier alpha value is -2.68. The van der Waals surface area contributed by atoms with E-state index in [4.69, 9.17) is 14.6 Å². The lowest BCUT2D eigenvalue weighted by atomic mass is 10.0. The van der Waals surface area contributed by atoms with E-state index in [1.165, 1.54) is 0 Å². The average molecular weight is 469 g/mol. The zero-order valence-corrected chi connectivity index (χ0v) is 17.9. The van der Waals surface area contributed by atoms with Gasteiger partial charge in [-0.1, -0.05) is 45.4 Å². The number of hydrogen-bond donors (Lipinski definition) is 2. The molecule has 7 nitrogen and oxygen atoms in total. The number of H-pyrrole nitrogens is 1. The highest BCUT2D eigenvalue weighted by Gasteiger charge is 2.29. The largest absolute Gasteiger partial charge is 0.494 e. The van der Waals surface area contributed by atoms with Gasteiger partial charge in [-0.3, -0.25) is 4.90 Å². The van der Waals surface area contributed by atoms with Gasteiger partial charge in [-0.15, -0.1) is 0 Å². The SMILES string of the molecule is Oc1[nH]c2cc(Br)ccc2c1C1=Nc2ccccc2/C1=N\OCCN1CCOCC1. The van der Waals surface area contributed by atoms with Crippen molar-refractivity contribution in [3.05, 3.63) is 58.1 Å². The fraction of sp³-hybridized carbons (Fsp3) is 0.273. The highest BCUT2D eigenvalue weighted by atomic mass is 79.9. The van der Waals surface area contributed by atoms with Gasteiger partial charge in [0.1, 0.15) is 18.0 Å². The molecule has 3 aromatic rings. The minimum atomic E-state index is 0.0654. The molecule has 2 aromatic carbocycles. The lowest BCUT2D eigenvalue weighted by Gasteiger charge is -2.25. The Morgan fingerprint density at radius 1 is 1.20 bits per heavy atom. The number of rotatable bonds is 5. The maximum absolute atomic E-state index is 10.7. The average Bonchev–Trinajstić information content (AvgIpc) is 3.27. The summed E-state index contributed by atoms with van der Waals surface area (Å²) in [7, 11) is 0. The number of aromatic nitrogens is 1. The topological polar surface area (TPSA) is 82.4 Å². The maximum Gasteiger partial charge on any atom is 0.199 e. The lowest BCUT2D eigenvalue weighted by molar-refractivity contribution is 0.0213. The van der Waals surface area contributed by atoms with Crippen molar-refractivity contribution in [3.63, 3.8) is 0 Å². The van der Waals surface area contributed by atoms with Crippen LogP contribution < -0.4 is 0 Å². The smallest absolute Gasteiger partial charge is 0.199 e. The van der Waals surface area contributed by atoms with Crippen molar-refractivity contribution in [1.82, 2.24) is 9.88 Å². The van der Waals surface area contributed by atoms with E-state index < -0.39 is 0 Å². The summed E-state index contributed by atoms with van der Waals surface area (Å²) in [5, 5.41) is 16.0. The number of aliphatic imine (C=N–C) groups is 1. The number of fused-ring (bicyclic) bond motifs is 2. The van der Waals surface area contributed by atoms with Crippen LogP contribution in [0.15, 0.2) is 57.1 Å². The molecule has 0 spiro atoms. The Kier molecular flexibility index (Phi) is 5.28. The van der Waals surface area contributed by atoms with Gasteiger partial charge < -0.3 is 19.7 Å². The second kappa shape index (κ2) is 8.22. The second-order valence-electron chi connectivity index (χ2n) is 7.24. The van der Waals surface area contributed by atoms with Crippen LogP contribution in [0.1, 0.15) is 11.1 Å². The van der Waals surface area contributed by atoms with Crippen LogP contribution in [0.3, 0.4) is 0 Å². The van der Waals surface area contributed by atoms with Crippen LogP contribution in [0.5, 0.6) is 5.88 Å². The van der Waals surface area contributed by atoms with Crippen LogP contribution in [0.4, 0.5) is 5.69 Å². The quantitative estimate of drug-likeness (QED) is 0.440. The van der Waals surface area contributed by atoms with Crippen LogP contribution in [0.25, 0.3) is 10.9 Å². The van der Waals surface area contributed by atoms with Crippen LogP contribution in [0.2, 0.25) is 0 Å². The third-order valence-corrected chi connectivity index (χ3v) is 5.84. The Labute approximate surface area is 182 Å². The fourth-order valence-electron chi connectivity index (χ4n) is 3.84. The summed E-state index contributed by atoms with van der Waals surface area (Å²) < 4.78 is 6.31. The predicted octanol–water partition coefficient (Wildman–Crippen LogP) is 3.82. The number of ether oxygens (including phenoxy) is 1. The van der Waals surface area contributed by atoms with E-state index in [-0.39, 0.29) is 5.88 Å². The molecule has 154 valence electrons. The number of aromatic amines is 1. The highest BCUT2D eigenvalue weighted by molar-refractivity contribution is 9.10. The first-order valence-corrected chi connectivity index (χ1v) is 10.7. The van der Waals surface area contributed by atoms with Crippen molar-refractivity contribution in [2.75, 3.05) is 39.5 Å². The van der Waals surface area contributed by atoms with E-state index in [9.17, 15) is 5.11 Å². The molecule has 0 atom stereocenters. The van der Waals surface area contributed by atoms with Crippen molar-refractivity contribution in [2.45, 2.75) is 0 Å². The predicted molar refractivity (Wildman–Crippen MR) is 120 cm³/mol. The van der Waals surface area contributed by atoms with Crippen LogP contribution in [-0.2, 0) is 9.57 Å². The number of aromatic hydroxyl groups is 1. The molecule has 2 N–H and O–H groups in total. The Morgan fingerprint density at radius 2 is 2.03 bits per heavy atom. The molecule has 5 rings (SSSR count). The molecular formula is C22H21BrN4O3. The van der Waals surface area contributed by atoms with Gasteiger partial charge in [-0.2, -0.15) is 0 Å². The van der Waals surface area contributed by atoms with Crippen LogP contribution in [-0.4, -0.2) is 65.9 Å². The van der Waals surface area contributed by atoms with E-state index in [0.717, 1.165) is 59.5 Å². The number of nitrogens with one attached hydrogen (secondary N) is 1. The summed E-state index contributed by atoms with van der Waals surface area (Å²) in [6.45, 7) is 4.61. The number of benzene rings is 2. The lowest BCUT2D eigenvalue weighted by Crippen LogP contribution is -2.38. The van der Waals surface area contributed by atoms with Crippen molar-refractivity contribution in [2.24, 2.45) is 10.1 Å². The first-order valence-electron chi connectivity index (χ1n) is 9.90. The number of halogens is 1. The molecule has 3 heterocycles. The summed E-state index contributed by atoms with van der Waals surface area (Å²) in [5.41, 5.74) is 4.39. The summed E-state index contributed by atoms with van der Waals surface area (Å²) in [4.78, 5) is 15.8. The van der Waals surface area contributed by atoms with E-state index in [2.05, 4.69) is 31.0 Å². The van der Waals surface area contributed by atoms with Gasteiger partial charge in [-0.05, 0) is 18.2 Å². The Morgan fingerprint density at radius 3 is 2.90 bits per heavy atom. The number of morpholine rings is 1. The number of para-hydroxylation sites is 1. The molecule has 2 aliphatic heterocycles. The molecule has 0 saturated carbocycles. The minimum Gasteiger partial charge on any atom is -0.494 e. The molecule has 2 aliphatic rings. The molecule has 1 saturated heterocycles. The normalized spacial score (nSPS) is 18.0. The molecule has 0 bridgehead atoms. The molecule has 1 aromatic heterocycles. The summed E-state index contributed by atoms with van der Waals surface area (Å²) in [6, 6.07) is 13.6. The first-order chi connectivity index (χ1) is 14.7. The maximum atomic E-state index is 10.7. The van der Waals surface area contributed by atoms with Gasteiger partial charge in [0.25, 0.3) is 0 Å². The van der Waals surface area contributed by atoms with Gasteiger partial charge in [-0.25, -0.2) is 4.99 Å². The molecule has 0 unspecified atom stereocenters. The zero-order chi connectivity index (χ0) is 20.5. The van der Waals surface area contributed by atoms with Crippen molar-refractivity contribution >= 4 is 43.9 Å². The Balaban J connectivity index is 1.46. The molecule has 0 radical (unpaired) electrons. The molecule has 8 heteroatoms.